The van der Waals surface area contributed by atoms with Crippen molar-refractivity contribution in [2.24, 2.45) is 5.16 Å². The van der Waals surface area contributed by atoms with Crippen LogP contribution in [-0.2, 0) is 0 Å². The summed E-state index contributed by atoms with van der Waals surface area (Å²) in [5, 5.41) is 11.8. The van der Waals surface area contributed by atoms with E-state index in [1.807, 2.05) is 43.3 Å². The van der Waals surface area contributed by atoms with Crippen LogP contribution in [0.4, 0.5) is 0 Å². The highest BCUT2D eigenvalue weighted by Crippen LogP contribution is 2.01. The van der Waals surface area contributed by atoms with Gasteiger partial charge in [0.15, 0.2) is 0 Å². The molecule has 2 nitrogen and oxygen atoms in total. The molecule has 62 valence electrons. The van der Waals surface area contributed by atoms with Crippen LogP contribution in [0, 0.1) is 0 Å². The van der Waals surface area contributed by atoms with Crippen molar-refractivity contribution in [1.29, 1.82) is 0 Å². The fourth-order valence-corrected chi connectivity index (χ4v) is 0.954. The van der Waals surface area contributed by atoms with Gasteiger partial charge >= 0.3 is 0 Å². The van der Waals surface area contributed by atoms with Crippen molar-refractivity contribution >= 4 is 5.71 Å². The van der Waals surface area contributed by atoms with E-state index in [2.05, 4.69) is 5.16 Å². The average Bonchev–Trinajstić information content (AvgIpc) is 2.15. The van der Waals surface area contributed by atoms with E-state index >= 15 is 0 Å². The third-order valence-electron chi connectivity index (χ3n) is 1.50. The van der Waals surface area contributed by atoms with Crippen molar-refractivity contribution in [3.8, 4) is 0 Å². The minimum Gasteiger partial charge on any atom is -0.410 e. The van der Waals surface area contributed by atoms with E-state index in [9.17, 15) is 0 Å². The molecular formula is C10H11NO. The Morgan fingerprint density at radius 1 is 1.33 bits per heavy atom. The summed E-state index contributed by atoms with van der Waals surface area (Å²) in [4.78, 5) is 0. The van der Waals surface area contributed by atoms with Crippen LogP contribution in [0.3, 0.4) is 0 Å². The Labute approximate surface area is 71.8 Å². The zero-order valence-corrected chi connectivity index (χ0v) is 6.94. The fraction of sp³-hybridized carbons (Fsp3) is 0.100. The van der Waals surface area contributed by atoms with E-state index in [-0.39, 0.29) is 0 Å². The highest BCUT2D eigenvalue weighted by Gasteiger charge is 1.96. The predicted molar refractivity (Wildman–Crippen MR) is 49.6 cm³/mol. The van der Waals surface area contributed by atoms with Crippen molar-refractivity contribution in [1.82, 2.24) is 0 Å². The van der Waals surface area contributed by atoms with Gasteiger partial charge in [0, 0.05) is 5.56 Å². The molecule has 0 unspecified atom stereocenters. The van der Waals surface area contributed by atoms with Gasteiger partial charge in [0.2, 0.25) is 0 Å². The number of rotatable bonds is 2. The highest BCUT2D eigenvalue weighted by atomic mass is 16.4. The Bertz CT molecular complexity index is 288. The molecule has 0 aliphatic heterocycles. The molecule has 0 atom stereocenters. The van der Waals surface area contributed by atoms with Crippen LogP contribution in [0.5, 0.6) is 0 Å². The van der Waals surface area contributed by atoms with Gasteiger partial charge in [0.25, 0.3) is 0 Å². The molecular weight excluding hydrogens is 150 g/mol. The fourth-order valence-electron chi connectivity index (χ4n) is 0.954. The van der Waals surface area contributed by atoms with E-state index in [0.717, 1.165) is 5.56 Å². The molecule has 0 aliphatic rings. The van der Waals surface area contributed by atoms with Crippen LogP contribution in [-0.4, -0.2) is 10.9 Å². The zero-order valence-electron chi connectivity index (χ0n) is 6.94. The summed E-state index contributed by atoms with van der Waals surface area (Å²) in [7, 11) is 0. The SMILES string of the molecule is C/C=C/C(=N/O)c1ccccc1. The van der Waals surface area contributed by atoms with Crippen LogP contribution in [0.25, 0.3) is 0 Å². The highest BCUT2D eigenvalue weighted by molar-refractivity contribution is 6.08. The Hall–Kier alpha value is -1.57. The monoisotopic (exact) mass is 161 g/mol. The maximum absolute atomic E-state index is 8.65. The van der Waals surface area contributed by atoms with Crippen molar-refractivity contribution in [3.05, 3.63) is 48.0 Å². The first-order chi connectivity index (χ1) is 5.88. The standard InChI is InChI=1S/C10H11NO/c1-2-6-10(11-12)9-7-4-3-5-8-9/h2-8,12H,1H3/b6-2+,11-10-. The van der Waals surface area contributed by atoms with Gasteiger partial charge in [-0.2, -0.15) is 0 Å². The van der Waals surface area contributed by atoms with Crippen molar-refractivity contribution < 1.29 is 5.21 Å². The molecule has 0 amide bonds. The summed E-state index contributed by atoms with van der Waals surface area (Å²) >= 11 is 0. The number of oxime groups is 1. The molecule has 0 saturated heterocycles. The lowest BCUT2D eigenvalue weighted by atomic mass is 10.1. The lowest BCUT2D eigenvalue weighted by molar-refractivity contribution is 0.320. The molecule has 2 heteroatoms. The van der Waals surface area contributed by atoms with Gasteiger partial charge in [0.1, 0.15) is 5.71 Å². The van der Waals surface area contributed by atoms with Gasteiger partial charge in [-0.05, 0) is 13.0 Å². The number of benzene rings is 1. The molecule has 0 aromatic heterocycles. The third kappa shape index (κ3) is 1.95. The molecule has 0 radical (unpaired) electrons. The minimum absolute atomic E-state index is 0.582. The van der Waals surface area contributed by atoms with Crippen LogP contribution in [0.2, 0.25) is 0 Å². The first-order valence-corrected chi connectivity index (χ1v) is 3.78. The van der Waals surface area contributed by atoms with E-state index in [1.165, 1.54) is 0 Å². The first-order valence-electron chi connectivity index (χ1n) is 3.78. The second-order valence-corrected chi connectivity index (χ2v) is 2.35. The quantitative estimate of drug-likeness (QED) is 0.403. The first kappa shape index (κ1) is 8.53. The smallest absolute Gasteiger partial charge is 0.109 e. The Morgan fingerprint density at radius 2 is 2.00 bits per heavy atom. The number of hydrogen-bond acceptors (Lipinski definition) is 2. The minimum atomic E-state index is 0.582. The summed E-state index contributed by atoms with van der Waals surface area (Å²) in [5.74, 6) is 0. The maximum atomic E-state index is 8.65. The average molecular weight is 161 g/mol. The maximum Gasteiger partial charge on any atom is 0.109 e. The Balaban J connectivity index is 2.97. The number of hydrogen-bond donors (Lipinski definition) is 1. The predicted octanol–water partition coefficient (Wildman–Crippen LogP) is 2.44. The summed E-state index contributed by atoms with van der Waals surface area (Å²) in [6, 6.07) is 9.53. The van der Waals surface area contributed by atoms with Crippen molar-refractivity contribution in [3.63, 3.8) is 0 Å². The normalized spacial score (nSPS) is 12.2. The molecule has 12 heavy (non-hydrogen) atoms. The zero-order chi connectivity index (χ0) is 8.81. The topological polar surface area (TPSA) is 32.6 Å². The van der Waals surface area contributed by atoms with Gasteiger partial charge in [-0.25, -0.2) is 0 Å². The molecule has 0 fully saturated rings. The van der Waals surface area contributed by atoms with E-state index in [4.69, 9.17) is 5.21 Å². The van der Waals surface area contributed by atoms with Crippen LogP contribution < -0.4 is 0 Å². The second-order valence-electron chi connectivity index (χ2n) is 2.35. The molecule has 0 aliphatic carbocycles. The van der Waals surface area contributed by atoms with Crippen molar-refractivity contribution in [2.75, 3.05) is 0 Å². The molecule has 0 heterocycles. The molecule has 0 bridgehead atoms. The Morgan fingerprint density at radius 3 is 2.50 bits per heavy atom. The van der Waals surface area contributed by atoms with E-state index < -0.39 is 0 Å². The third-order valence-corrected chi connectivity index (χ3v) is 1.50. The number of allylic oxidation sites excluding steroid dienone is 2. The molecule has 1 aromatic rings. The molecule has 1 N–H and O–H groups in total. The van der Waals surface area contributed by atoms with Gasteiger partial charge in [-0.3, -0.25) is 0 Å². The molecule has 0 saturated carbocycles. The summed E-state index contributed by atoms with van der Waals surface area (Å²) in [5.41, 5.74) is 1.50. The lowest BCUT2D eigenvalue weighted by Crippen LogP contribution is -1.95. The van der Waals surface area contributed by atoms with Gasteiger partial charge in [-0.15, -0.1) is 0 Å². The molecule has 1 aromatic carbocycles. The largest absolute Gasteiger partial charge is 0.410 e. The van der Waals surface area contributed by atoms with Gasteiger partial charge < -0.3 is 5.21 Å². The summed E-state index contributed by atoms with van der Waals surface area (Å²) < 4.78 is 0. The molecule has 0 spiro atoms. The second kappa shape index (κ2) is 4.34. The van der Waals surface area contributed by atoms with Gasteiger partial charge in [0.05, 0.1) is 0 Å². The van der Waals surface area contributed by atoms with Crippen LogP contribution in [0.1, 0.15) is 12.5 Å². The van der Waals surface area contributed by atoms with Crippen LogP contribution in [0.15, 0.2) is 47.6 Å². The summed E-state index contributed by atoms with van der Waals surface area (Å²) in [6.07, 6.45) is 3.59. The molecule has 1 rings (SSSR count). The Kier molecular flexibility index (Phi) is 3.08. The van der Waals surface area contributed by atoms with E-state index in [0.29, 0.717) is 5.71 Å². The van der Waals surface area contributed by atoms with Gasteiger partial charge in [-0.1, -0.05) is 41.6 Å². The number of nitrogens with zero attached hydrogens (tertiary/aromatic N) is 1. The summed E-state index contributed by atoms with van der Waals surface area (Å²) in [6.45, 7) is 1.88. The lowest BCUT2D eigenvalue weighted by Gasteiger charge is -1.96. The van der Waals surface area contributed by atoms with E-state index in [1.54, 1.807) is 6.08 Å². The van der Waals surface area contributed by atoms with Crippen LogP contribution >= 0.6 is 0 Å². The van der Waals surface area contributed by atoms with Crippen molar-refractivity contribution in [2.45, 2.75) is 6.92 Å².